The predicted octanol–water partition coefficient (Wildman–Crippen LogP) is 4.13. The summed E-state index contributed by atoms with van der Waals surface area (Å²) in [4.78, 5) is 13.3. The van der Waals surface area contributed by atoms with E-state index in [1.54, 1.807) is 12.4 Å². The molecular weight excluding hydrogens is 363 g/mol. The van der Waals surface area contributed by atoms with E-state index in [1.165, 1.54) is 16.2 Å². The molecule has 0 amide bonds. The fourth-order valence-corrected chi connectivity index (χ4v) is 4.11. The number of halogens is 3. The first-order valence-corrected chi connectivity index (χ1v) is 9.29. The highest BCUT2D eigenvalue weighted by molar-refractivity contribution is 7.13. The van der Waals surface area contributed by atoms with E-state index in [2.05, 4.69) is 20.3 Å². The van der Waals surface area contributed by atoms with Gasteiger partial charge in [0.1, 0.15) is 10.7 Å². The van der Waals surface area contributed by atoms with Gasteiger partial charge in [0.2, 0.25) is 0 Å². The van der Waals surface area contributed by atoms with Crippen LogP contribution < -0.4 is 5.32 Å². The van der Waals surface area contributed by atoms with E-state index in [1.807, 2.05) is 17.6 Å². The van der Waals surface area contributed by atoms with Gasteiger partial charge in [-0.05, 0) is 25.5 Å². The standard InChI is InChI=1S/C17H18F3N5S/c18-17(19,20)10-25-6-1-2-11(9-25)24-14-12-3-4-21-15(12)23-8-13(14)16-22-5-7-26-16/h3-5,7-8,11H,1-2,6,9-10H2,(H2,21,23,24)/t11-/m1/s1. The van der Waals surface area contributed by atoms with Crippen LogP contribution in [0.5, 0.6) is 0 Å². The summed E-state index contributed by atoms with van der Waals surface area (Å²) in [6, 6.07) is 1.88. The van der Waals surface area contributed by atoms with Crippen molar-refractivity contribution in [1.29, 1.82) is 0 Å². The number of pyridine rings is 1. The molecule has 1 aliphatic rings. The molecule has 4 rings (SSSR count). The molecule has 0 aromatic carbocycles. The van der Waals surface area contributed by atoms with E-state index in [-0.39, 0.29) is 6.04 Å². The quantitative estimate of drug-likeness (QED) is 0.714. The van der Waals surface area contributed by atoms with Crippen LogP contribution in [0.1, 0.15) is 12.8 Å². The van der Waals surface area contributed by atoms with Crippen molar-refractivity contribution in [3.8, 4) is 10.6 Å². The monoisotopic (exact) mass is 381 g/mol. The van der Waals surface area contributed by atoms with Gasteiger partial charge in [0.25, 0.3) is 0 Å². The fraction of sp³-hybridized carbons (Fsp3) is 0.412. The zero-order chi connectivity index (χ0) is 18.1. The number of hydrogen-bond donors (Lipinski definition) is 2. The molecule has 5 nitrogen and oxygen atoms in total. The number of hydrogen-bond acceptors (Lipinski definition) is 5. The smallest absolute Gasteiger partial charge is 0.380 e. The number of H-pyrrole nitrogens is 1. The van der Waals surface area contributed by atoms with Gasteiger partial charge in [-0.3, -0.25) is 4.90 Å². The number of nitrogens with zero attached hydrogens (tertiary/aromatic N) is 3. The van der Waals surface area contributed by atoms with Crippen LogP contribution in [0.4, 0.5) is 18.9 Å². The van der Waals surface area contributed by atoms with Crippen molar-refractivity contribution in [3.63, 3.8) is 0 Å². The van der Waals surface area contributed by atoms with Crippen molar-refractivity contribution in [3.05, 3.63) is 30.0 Å². The van der Waals surface area contributed by atoms with Crippen LogP contribution in [0.2, 0.25) is 0 Å². The maximum Gasteiger partial charge on any atom is 0.401 e. The van der Waals surface area contributed by atoms with E-state index >= 15 is 0 Å². The first-order chi connectivity index (χ1) is 12.5. The summed E-state index contributed by atoms with van der Waals surface area (Å²) in [6.07, 6.45) is 2.71. The van der Waals surface area contributed by atoms with Gasteiger partial charge in [-0.2, -0.15) is 13.2 Å². The molecule has 1 aliphatic heterocycles. The number of rotatable bonds is 4. The molecule has 2 N–H and O–H groups in total. The van der Waals surface area contributed by atoms with Gasteiger partial charge in [0.05, 0.1) is 17.8 Å². The van der Waals surface area contributed by atoms with Gasteiger partial charge in [-0.25, -0.2) is 9.97 Å². The average molecular weight is 381 g/mol. The molecule has 1 saturated heterocycles. The van der Waals surface area contributed by atoms with Crippen LogP contribution in [0, 0.1) is 0 Å². The molecule has 0 radical (unpaired) electrons. The van der Waals surface area contributed by atoms with Crippen LogP contribution in [-0.2, 0) is 0 Å². The number of aromatic amines is 1. The number of anilines is 1. The molecule has 1 fully saturated rings. The number of nitrogens with one attached hydrogen (secondary N) is 2. The lowest BCUT2D eigenvalue weighted by Crippen LogP contribution is -2.45. The summed E-state index contributed by atoms with van der Waals surface area (Å²) in [6.45, 7) is -0.0155. The minimum atomic E-state index is -4.17. The lowest BCUT2D eigenvalue weighted by Gasteiger charge is -2.34. The maximum atomic E-state index is 12.7. The molecule has 26 heavy (non-hydrogen) atoms. The van der Waals surface area contributed by atoms with Crippen LogP contribution >= 0.6 is 11.3 Å². The van der Waals surface area contributed by atoms with Gasteiger partial charge in [0.15, 0.2) is 0 Å². The molecule has 0 aliphatic carbocycles. The van der Waals surface area contributed by atoms with Gasteiger partial charge < -0.3 is 10.3 Å². The van der Waals surface area contributed by atoms with Crippen LogP contribution in [0.15, 0.2) is 30.0 Å². The Hall–Kier alpha value is -2.13. The Balaban J connectivity index is 1.62. The average Bonchev–Trinajstić information content (AvgIpc) is 3.25. The summed E-state index contributed by atoms with van der Waals surface area (Å²) in [5.41, 5.74) is 2.50. The van der Waals surface area contributed by atoms with Crippen molar-refractivity contribution in [2.75, 3.05) is 25.0 Å². The third-order valence-corrected chi connectivity index (χ3v) is 5.31. The minimum absolute atomic E-state index is 0.0506. The van der Waals surface area contributed by atoms with Crippen LogP contribution in [0.3, 0.4) is 0 Å². The molecule has 9 heteroatoms. The topological polar surface area (TPSA) is 56.8 Å². The number of fused-ring (bicyclic) bond motifs is 1. The van der Waals surface area contributed by atoms with Crippen molar-refractivity contribution >= 4 is 28.1 Å². The van der Waals surface area contributed by atoms with Crippen molar-refractivity contribution in [1.82, 2.24) is 19.9 Å². The Bertz CT molecular complexity index is 874. The molecule has 0 bridgehead atoms. The third kappa shape index (κ3) is 3.68. The molecule has 138 valence electrons. The highest BCUT2D eigenvalue weighted by atomic mass is 32.1. The summed E-state index contributed by atoms with van der Waals surface area (Å²) in [5.74, 6) is 0. The molecule has 0 spiro atoms. The Labute approximate surface area is 152 Å². The van der Waals surface area contributed by atoms with E-state index < -0.39 is 12.7 Å². The van der Waals surface area contributed by atoms with Gasteiger partial charge in [0, 0.05) is 41.9 Å². The molecule has 0 saturated carbocycles. The summed E-state index contributed by atoms with van der Waals surface area (Å²) < 4.78 is 38.2. The Morgan fingerprint density at radius 3 is 3.00 bits per heavy atom. The summed E-state index contributed by atoms with van der Waals surface area (Å²) in [5, 5.41) is 7.14. The zero-order valence-electron chi connectivity index (χ0n) is 13.9. The van der Waals surface area contributed by atoms with E-state index in [4.69, 9.17) is 0 Å². The lowest BCUT2D eigenvalue weighted by molar-refractivity contribution is -0.147. The van der Waals surface area contributed by atoms with E-state index in [0.29, 0.717) is 13.1 Å². The molecule has 0 unspecified atom stereocenters. The SMILES string of the molecule is FC(F)(F)CN1CCC[C@@H](Nc2c(-c3nccs3)cnc3[nH]ccc23)C1. The molecular formula is C17H18F3N5S. The second-order valence-electron chi connectivity index (χ2n) is 6.46. The highest BCUT2D eigenvalue weighted by Gasteiger charge is 2.33. The Kier molecular flexibility index (Phi) is 4.58. The van der Waals surface area contributed by atoms with Gasteiger partial charge in [-0.15, -0.1) is 11.3 Å². The van der Waals surface area contributed by atoms with Crippen molar-refractivity contribution < 1.29 is 13.2 Å². The first-order valence-electron chi connectivity index (χ1n) is 8.41. The largest absolute Gasteiger partial charge is 0.401 e. The van der Waals surface area contributed by atoms with Crippen molar-refractivity contribution in [2.24, 2.45) is 0 Å². The number of piperidine rings is 1. The third-order valence-electron chi connectivity index (χ3n) is 4.51. The van der Waals surface area contributed by atoms with Gasteiger partial charge >= 0.3 is 6.18 Å². The van der Waals surface area contributed by atoms with Gasteiger partial charge in [-0.1, -0.05) is 0 Å². The molecule has 4 heterocycles. The highest BCUT2D eigenvalue weighted by Crippen LogP contribution is 2.35. The van der Waals surface area contributed by atoms with E-state index in [0.717, 1.165) is 40.1 Å². The normalized spacial score (nSPS) is 19.1. The van der Waals surface area contributed by atoms with E-state index in [9.17, 15) is 13.2 Å². The maximum absolute atomic E-state index is 12.7. The Morgan fingerprint density at radius 1 is 1.35 bits per heavy atom. The Morgan fingerprint density at radius 2 is 2.23 bits per heavy atom. The number of aromatic nitrogens is 3. The minimum Gasteiger partial charge on any atom is -0.380 e. The zero-order valence-corrected chi connectivity index (χ0v) is 14.7. The number of likely N-dealkylation sites (tertiary alicyclic amines) is 1. The predicted molar refractivity (Wildman–Crippen MR) is 96.3 cm³/mol. The summed E-state index contributed by atoms with van der Waals surface area (Å²) in [7, 11) is 0. The van der Waals surface area contributed by atoms with Crippen LogP contribution in [0.25, 0.3) is 21.6 Å². The molecule has 1 atom stereocenters. The summed E-state index contributed by atoms with van der Waals surface area (Å²) >= 11 is 1.51. The van der Waals surface area contributed by atoms with Crippen LogP contribution in [-0.4, -0.2) is 51.7 Å². The second kappa shape index (κ2) is 6.88. The first kappa shape index (κ1) is 17.3. The number of thiazole rings is 1. The lowest BCUT2D eigenvalue weighted by atomic mass is 10.0. The number of alkyl halides is 3. The molecule has 3 aromatic rings. The van der Waals surface area contributed by atoms with Crippen molar-refractivity contribution in [2.45, 2.75) is 25.1 Å². The second-order valence-corrected chi connectivity index (χ2v) is 7.35. The fourth-order valence-electron chi connectivity index (χ4n) is 3.46. The molecule has 3 aromatic heterocycles.